The molecule has 0 saturated heterocycles. The molecule has 1 aromatic carbocycles. The van der Waals surface area contributed by atoms with Gasteiger partial charge >= 0.3 is 0 Å². The lowest BCUT2D eigenvalue weighted by molar-refractivity contribution is 0.183. The maximum Gasteiger partial charge on any atom is 0.160 e. The first-order valence-electron chi connectivity index (χ1n) is 10.6. The van der Waals surface area contributed by atoms with E-state index in [1.54, 1.807) is 6.07 Å². The Kier molecular flexibility index (Phi) is 10.8. The third kappa shape index (κ3) is 9.48. The van der Waals surface area contributed by atoms with Crippen LogP contribution in [0.4, 0.5) is 0 Å². The van der Waals surface area contributed by atoms with Crippen molar-refractivity contribution in [2.75, 3.05) is 13.2 Å². The number of nitrogens with two attached hydrogens (primary N) is 1. The van der Waals surface area contributed by atoms with Gasteiger partial charge in [0.25, 0.3) is 0 Å². The van der Waals surface area contributed by atoms with E-state index >= 15 is 0 Å². The van der Waals surface area contributed by atoms with E-state index in [0.29, 0.717) is 18.8 Å². The van der Waals surface area contributed by atoms with Crippen molar-refractivity contribution in [1.82, 2.24) is 0 Å². The van der Waals surface area contributed by atoms with Gasteiger partial charge in [-0.1, -0.05) is 53.0 Å². The van der Waals surface area contributed by atoms with Crippen molar-refractivity contribution in [2.24, 2.45) is 17.6 Å². The first-order chi connectivity index (χ1) is 12.8. The Morgan fingerprint density at radius 1 is 1.11 bits per heavy atom. The summed E-state index contributed by atoms with van der Waals surface area (Å²) in [5, 5.41) is 19.6. The highest BCUT2D eigenvalue weighted by molar-refractivity contribution is 5.41. The number of aliphatic hydroxyl groups excluding tert-OH is 1. The van der Waals surface area contributed by atoms with Crippen LogP contribution in [0, 0.1) is 11.8 Å². The van der Waals surface area contributed by atoms with Crippen LogP contribution in [-0.4, -0.2) is 29.0 Å². The van der Waals surface area contributed by atoms with Crippen molar-refractivity contribution < 1.29 is 14.9 Å². The summed E-state index contributed by atoms with van der Waals surface area (Å²) in [6.07, 6.45) is 8.21. The van der Waals surface area contributed by atoms with Crippen LogP contribution in [0.1, 0.15) is 78.2 Å². The van der Waals surface area contributed by atoms with Crippen molar-refractivity contribution in [1.29, 1.82) is 0 Å². The molecular formula is C23H41NO3. The van der Waals surface area contributed by atoms with E-state index < -0.39 is 5.54 Å². The monoisotopic (exact) mass is 379 g/mol. The second-order valence-electron chi connectivity index (χ2n) is 8.60. The molecule has 156 valence electrons. The molecule has 0 heterocycles. The van der Waals surface area contributed by atoms with E-state index in [9.17, 15) is 10.2 Å². The summed E-state index contributed by atoms with van der Waals surface area (Å²) in [4.78, 5) is 0. The number of aromatic hydroxyl groups is 1. The van der Waals surface area contributed by atoms with Gasteiger partial charge in [-0.15, -0.1) is 0 Å². The fraction of sp³-hybridized carbons (Fsp3) is 0.739. The largest absolute Gasteiger partial charge is 0.504 e. The van der Waals surface area contributed by atoms with E-state index in [4.69, 9.17) is 10.5 Å². The lowest BCUT2D eigenvalue weighted by Crippen LogP contribution is -2.43. The van der Waals surface area contributed by atoms with E-state index in [2.05, 4.69) is 20.8 Å². The average Bonchev–Trinajstić information content (AvgIpc) is 2.64. The quantitative estimate of drug-likeness (QED) is 0.396. The molecule has 0 spiro atoms. The molecule has 0 aliphatic carbocycles. The molecule has 4 nitrogen and oxygen atoms in total. The predicted molar refractivity (Wildman–Crippen MR) is 113 cm³/mol. The first kappa shape index (κ1) is 23.8. The first-order valence-corrected chi connectivity index (χ1v) is 10.6. The molecule has 0 radical (unpaired) electrons. The third-order valence-electron chi connectivity index (χ3n) is 5.53. The number of rotatable bonds is 14. The molecule has 0 fully saturated rings. The highest BCUT2D eigenvalue weighted by Crippen LogP contribution is 2.28. The zero-order chi connectivity index (χ0) is 20.3. The van der Waals surface area contributed by atoms with Gasteiger partial charge in [-0.05, 0) is 61.6 Å². The number of phenolic OH excluding ortho intramolecular Hbond substituents is 1. The summed E-state index contributed by atoms with van der Waals surface area (Å²) in [6.45, 7) is 9.46. The molecule has 0 aliphatic heterocycles. The number of hydrogen-bond donors (Lipinski definition) is 3. The normalized spacial score (nSPS) is 14.9. The number of phenols is 1. The fourth-order valence-electron chi connectivity index (χ4n) is 3.23. The Hall–Kier alpha value is -1.26. The van der Waals surface area contributed by atoms with E-state index in [1.807, 2.05) is 19.1 Å². The van der Waals surface area contributed by atoms with Gasteiger partial charge in [0.2, 0.25) is 0 Å². The van der Waals surface area contributed by atoms with E-state index in [0.717, 1.165) is 43.1 Å². The number of ether oxygens (including phenoxy) is 1. The number of aliphatic hydroxyl groups is 1. The molecule has 0 amide bonds. The summed E-state index contributed by atoms with van der Waals surface area (Å²) in [5.74, 6) is 2.24. The highest BCUT2D eigenvalue weighted by Gasteiger charge is 2.21. The lowest BCUT2D eigenvalue weighted by Gasteiger charge is -2.25. The molecule has 1 unspecified atom stereocenters. The second-order valence-corrected chi connectivity index (χ2v) is 8.60. The minimum absolute atomic E-state index is 0.0213. The Morgan fingerprint density at radius 3 is 2.41 bits per heavy atom. The standard InChI is InChI=1S/C23H41NO3/c1-5-23(24,17-25)14-13-20-11-12-22(21(26)16-20)27-15-7-10-19(4)9-6-8-18(2)3/h11-12,16,18-19,25-26H,5-10,13-15,17,24H2,1-4H3/t19?,23-/m0/s1. The van der Waals surface area contributed by atoms with Crippen LogP contribution >= 0.6 is 0 Å². The molecular weight excluding hydrogens is 338 g/mol. The number of benzene rings is 1. The fourth-order valence-corrected chi connectivity index (χ4v) is 3.23. The minimum atomic E-state index is -0.545. The summed E-state index contributed by atoms with van der Waals surface area (Å²) in [5.41, 5.74) is 6.59. The predicted octanol–water partition coefficient (Wildman–Crippen LogP) is 5.05. The van der Waals surface area contributed by atoms with Crippen LogP contribution in [0.3, 0.4) is 0 Å². The van der Waals surface area contributed by atoms with Crippen LogP contribution in [0.5, 0.6) is 11.5 Å². The van der Waals surface area contributed by atoms with Crippen molar-refractivity contribution in [2.45, 2.75) is 84.6 Å². The molecule has 0 bridgehead atoms. The van der Waals surface area contributed by atoms with E-state index in [1.165, 1.54) is 19.3 Å². The van der Waals surface area contributed by atoms with Crippen molar-refractivity contribution in [3.8, 4) is 11.5 Å². The SMILES string of the molecule is CC[C@@](N)(CO)CCc1ccc(OCCCC(C)CCCC(C)C)c(O)c1. The van der Waals surface area contributed by atoms with Crippen molar-refractivity contribution >= 4 is 0 Å². The van der Waals surface area contributed by atoms with Crippen LogP contribution < -0.4 is 10.5 Å². The molecule has 0 aliphatic rings. The molecule has 4 heteroatoms. The van der Waals surface area contributed by atoms with Crippen LogP contribution in [0.25, 0.3) is 0 Å². The van der Waals surface area contributed by atoms with Crippen LogP contribution in [0.15, 0.2) is 18.2 Å². The molecule has 0 saturated carbocycles. The van der Waals surface area contributed by atoms with Gasteiger partial charge in [-0.2, -0.15) is 0 Å². The van der Waals surface area contributed by atoms with Gasteiger partial charge < -0.3 is 20.7 Å². The molecule has 27 heavy (non-hydrogen) atoms. The zero-order valence-electron chi connectivity index (χ0n) is 17.8. The third-order valence-corrected chi connectivity index (χ3v) is 5.53. The maximum absolute atomic E-state index is 10.2. The molecule has 1 rings (SSSR count). The van der Waals surface area contributed by atoms with Gasteiger partial charge in [0.15, 0.2) is 11.5 Å². The lowest BCUT2D eigenvalue weighted by atomic mass is 9.90. The number of hydrogen-bond acceptors (Lipinski definition) is 4. The zero-order valence-corrected chi connectivity index (χ0v) is 17.8. The summed E-state index contributed by atoms with van der Waals surface area (Å²) in [6, 6.07) is 5.55. The second kappa shape index (κ2) is 12.2. The van der Waals surface area contributed by atoms with Gasteiger partial charge in [0, 0.05) is 5.54 Å². The number of aryl methyl sites for hydroxylation is 1. The van der Waals surface area contributed by atoms with E-state index in [-0.39, 0.29) is 12.4 Å². The van der Waals surface area contributed by atoms with Crippen LogP contribution in [0.2, 0.25) is 0 Å². The molecule has 4 N–H and O–H groups in total. The minimum Gasteiger partial charge on any atom is -0.504 e. The topological polar surface area (TPSA) is 75.7 Å². The average molecular weight is 380 g/mol. The van der Waals surface area contributed by atoms with Gasteiger partial charge in [0.05, 0.1) is 13.2 Å². The van der Waals surface area contributed by atoms with Gasteiger partial charge in [-0.25, -0.2) is 0 Å². The smallest absolute Gasteiger partial charge is 0.160 e. The Balaban J connectivity index is 2.34. The highest BCUT2D eigenvalue weighted by atomic mass is 16.5. The van der Waals surface area contributed by atoms with Crippen LogP contribution in [-0.2, 0) is 6.42 Å². The van der Waals surface area contributed by atoms with Crippen molar-refractivity contribution in [3.05, 3.63) is 23.8 Å². The summed E-state index contributed by atoms with van der Waals surface area (Å²) in [7, 11) is 0. The van der Waals surface area contributed by atoms with Gasteiger partial charge in [0.1, 0.15) is 0 Å². The summed E-state index contributed by atoms with van der Waals surface area (Å²) < 4.78 is 5.76. The summed E-state index contributed by atoms with van der Waals surface area (Å²) >= 11 is 0. The molecule has 2 atom stereocenters. The molecule has 0 aromatic heterocycles. The Labute approximate surface area is 166 Å². The Bertz CT molecular complexity index is 526. The van der Waals surface area contributed by atoms with Crippen molar-refractivity contribution in [3.63, 3.8) is 0 Å². The van der Waals surface area contributed by atoms with Gasteiger partial charge in [-0.3, -0.25) is 0 Å². The molecule has 1 aromatic rings. The Morgan fingerprint density at radius 2 is 1.81 bits per heavy atom. The maximum atomic E-state index is 10.2.